The second-order valence-electron chi connectivity index (χ2n) is 4.13. The molecule has 0 aliphatic rings. The molecule has 7 nitrogen and oxygen atoms in total. The van der Waals surface area contributed by atoms with Gasteiger partial charge in [-0.05, 0) is 24.6 Å². The van der Waals surface area contributed by atoms with Crippen LogP contribution in [0, 0.1) is 22.4 Å². The van der Waals surface area contributed by atoms with Crippen molar-refractivity contribution in [3.05, 3.63) is 57.8 Å². The summed E-state index contributed by atoms with van der Waals surface area (Å²) in [6, 6.07) is 7.57. The molecule has 0 amide bonds. The molecule has 1 heterocycles. The molecule has 0 fully saturated rings. The monoisotopic (exact) mass is 272 g/mol. The van der Waals surface area contributed by atoms with E-state index in [-0.39, 0.29) is 23.2 Å². The number of nitrogens with one attached hydrogen (secondary N) is 1. The lowest BCUT2D eigenvalue weighted by Gasteiger charge is -2.07. The van der Waals surface area contributed by atoms with E-state index >= 15 is 0 Å². The molecule has 0 radical (unpaired) electrons. The van der Waals surface area contributed by atoms with Gasteiger partial charge in [0.15, 0.2) is 0 Å². The fraction of sp³-hybridized carbons (Fsp3) is 0.0769. The van der Waals surface area contributed by atoms with Crippen LogP contribution >= 0.6 is 0 Å². The van der Waals surface area contributed by atoms with E-state index < -0.39 is 4.92 Å². The molecule has 7 heteroatoms. The number of nitrogen functional groups attached to an aromatic ring is 1. The number of amidine groups is 1. The van der Waals surface area contributed by atoms with Gasteiger partial charge >= 0.3 is 5.69 Å². The maximum absolute atomic E-state index is 10.9. The van der Waals surface area contributed by atoms with Gasteiger partial charge in [0.05, 0.1) is 4.92 Å². The van der Waals surface area contributed by atoms with Crippen molar-refractivity contribution in [1.82, 2.24) is 4.98 Å². The lowest BCUT2D eigenvalue weighted by atomic mass is 10.2. The Balaban J connectivity index is 2.39. The molecular formula is C13H12N4O3. The van der Waals surface area contributed by atoms with E-state index in [0.717, 1.165) is 5.56 Å². The molecule has 2 rings (SSSR count). The average molecular weight is 272 g/mol. The molecule has 2 aromatic rings. The minimum Gasteiger partial charge on any atom is -0.432 e. The summed E-state index contributed by atoms with van der Waals surface area (Å²) < 4.78 is 5.44. The van der Waals surface area contributed by atoms with Crippen molar-refractivity contribution in [2.45, 2.75) is 6.92 Å². The molecule has 1 aromatic carbocycles. The highest BCUT2D eigenvalue weighted by atomic mass is 16.6. The molecule has 3 N–H and O–H groups in total. The molecule has 0 spiro atoms. The highest BCUT2D eigenvalue weighted by Crippen LogP contribution is 2.31. The first-order valence-electron chi connectivity index (χ1n) is 5.70. The average Bonchev–Trinajstić information content (AvgIpc) is 2.38. The van der Waals surface area contributed by atoms with Gasteiger partial charge in [-0.2, -0.15) is 0 Å². The van der Waals surface area contributed by atoms with Gasteiger partial charge in [0.25, 0.3) is 0 Å². The minimum atomic E-state index is -0.524. The summed E-state index contributed by atoms with van der Waals surface area (Å²) in [6.45, 7) is 1.80. The number of nitrogens with two attached hydrogens (primary N) is 1. The van der Waals surface area contributed by atoms with Gasteiger partial charge in [-0.3, -0.25) is 15.5 Å². The molecular weight excluding hydrogens is 260 g/mol. The Bertz CT molecular complexity index is 685. The third-order valence-corrected chi connectivity index (χ3v) is 2.57. The maximum Gasteiger partial charge on any atom is 0.311 e. The molecule has 0 bridgehead atoms. The lowest BCUT2D eigenvalue weighted by Crippen LogP contribution is -2.11. The molecule has 0 saturated carbocycles. The number of hydrogen-bond acceptors (Lipinski definition) is 5. The highest BCUT2D eigenvalue weighted by Gasteiger charge is 2.16. The second-order valence-corrected chi connectivity index (χ2v) is 4.13. The first kappa shape index (κ1) is 13.5. The number of aryl methyl sites for hydroxylation is 1. The Kier molecular flexibility index (Phi) is 3.60. The van der Waals surface area contributed by atoms with Crippen LogP contribution in [0.15, 0.2) is 36.5 Å². The predicted octanol–water partition coefficient (Wildman–Crippen LogP) is 2.37. The van der Waals surface area contributed by atoms with Crippen LogP contribution in [0.1, 0.15) is 11.1 Å². The Morgan fingerprint density at radius 3 is 2.80 bits per heavy atom. The normalized spacial score (nSPS) is 10.1. The smallest absolute Gasteiger partial charge is 0.311 e. The lowest BCUT2D eigenvalue weighted by molar-refractivity contribution is -0.385. The number of pyridine rings is 1. The summed E-state index contributed by atoms with van der Waals surface area (Å²) in [4.78, 5) is 14.4. The van der Waals surface area contributed by atoms with Crippen LogP contribution < -0.4 is 10.5 Å². The van der Waals surface area contributed by atoms with Crippen LogP contribution in [-0.2, 0) is 0 Å². The van der Waals surface area contributed by atoms with E-state index in [2.05, 4.69) is 4.98 Å². The summed E-state index contributed by atoms with van der Waals surface area (Å²) >= 11 is 0. The van der Waals surface area contributed by atoms with E-state index in [4.69, 9.17) is 15.9 Å². The summed E-state index contributed by atoms with van der Waals surface area (Å²) in [7, 11) is 0. The van der Waals surface area contributed by atoms with Crippen molar-refractivity contribution in [3.63, 3.8) is 0 Å². The quantitative estimate of drug-likeness (QED) is 0.383. The molecule has 0 saturated heterocycles. The first-order valence-corrected chi connectivity index (χ1v) is 5.70. The van der Waals surface area contributed by atoms with E-state index in [1.807, 2.05) is 0 Å². The van der Waals surface area contributed by atoms with Crippen molar-refractivity contribution in [3.8, 4) is 11.6 Å². The maximum atomic E-state index is 10.9. The van der Waals surface area contributed by atoms with Crippen LogP contribution in [-0.4, -0.2) is 15.7 Å². The van der Waals surface area contributed by atoms with Gasteiger partial charge < -0.3 is 10.5 Å². The van der Waals surface area contributed by atoms with Gasteiger partial charge in [0.1, 0.15) is 5.84 Å². The van der Waals surface area contributed by atoms with Crippen molar-refractivity contribution in [2.75, 3.05) is 0 Å². The Morgan fingerprint density at radius 2 is 2.15 bits per heavy atom. The Hall–Kier alpha value is -2.96. The fourth-order valence-corrected chi connectivity index (χ4v) is 1.60. The molecule has 0 aliphatic carbocycles. The third-order valence-electron chi connectivity index (χ3n) is 2.57. The standard InChI is InChI=1S/C13H12N4O3/c1-8-2-3-10(17(18)19)11(6-8)20-12-7-9(13(14)15)4-5-16-12/h2-7H,1H3,(H3,14,15). The highest BCUT2D eigenvalue weighted by molar-refractivity contribution is 5.95. The summed E-state index contributed by atoms with van der Waals surface area (Å²) in [5.41, 5.74) is 6.49. The molecule has 102 valence electrons. The van der Waals surface area contributed by atoms with Crippen molar-refractivity contribution >= 4 is 11.5 Å². The fourth-order valence-electron chi connectivity index (χ4n) is 1.60. The van der Waals surface area contributed by atoms with E-state index in [1.54, 1.807) is 25.1 Å². The SMILES string of the molecule is Cc1ccc([N+](=O)[O-])c(Oc2cc(C(=N)N)ccn2)c1. The zero-order valence-corrected chi connectivity index (χ0v) is 10.7. The number of nitrogens with zero attached hydrogens (tertiary/aromatic N) is 2. The number of ether oxygens (including phenoxy) is 1. The largest absolute Gasteiger partial charge is 0.432 e. The summed E-state index contributed by atoms with van der Waals surface area (Å²) in [6.07, 6.45) is 1.42. The van der Waals surface area contributed by atoms with Gasteiger partial charge in [0.2, 0.25) is 11.6 Å². The van der Waals surface area contributed by atoms with Crippen molar-refractivity contribution in [1.29, 1.82) is 5.41 Å². The zero-order valence-electron chi connectivity index (χ0n) is 10.7. The van der Waals surface area contributed by atoms with Crippen LogP contribution in [0.25, 0.3) is 0 Å². The summed E-state index contributed by atoms with van der Waals surface area (Å²) in [5, 5.41) is 18.3. The number of nitro groups is 1. The molecule has 0 atom stereocenters. The van der Waals surface area contributed by atoms with Crippen LogP contribution in [0.4, 0.5) is 5.69 Å². The molecule has 1 aromatic heterocycles. The third kappa shape index (κ3) is 2.89. The van der Waals surface area contributed by atoms with Crippen LogP contribution in [0.3, 0.4) is 0 Å². The van der Waals surface area contributed by atoms with E-state index in [1.165, 1.54) is 18.3 Å². The number of benzene rings is 1. The van der Waals surface area contributed by atoms with Crippen LogP contribution in [0.2, 0.25) is 0 Å². The number of hydrogen-bond donors (Lipinski definition) is 2. The minimum absolute atomic E-state index is 0.100. The van der Waals surface area contributed by atoms with Gasteiger partial charge in [-0.1, -0.05) is 6.07 Å². The van der Waals surface area contributed by atoms with Crippen molar-refractivity contribution < 1.29 is 9.66 Å². The number of rotatable bonds is 4. The first-order chi connectivity index (χ1) is 9.47. The topological polar surface area (TPSA) is 115 Å². The van der Waals surface area contributed by atoms with Gasteiger partial charge in [0, 0.05) is 23.9 Å². The predicted molar refractivity (Wildman–Crippen MR) is 73.2 cm³/mol. The second kappa shape index (κ2) is 5.35. The summed E-state index contributed by atoms with van der Waals surface area (Å²) in [5.74, 6) is 0.116. The van der Waals surface area contributed by atoms with Gasteiger partial charge in [-0.25, -0.2) is 4.98 Å². The molecule has 0 aliphatic heterocycles. The molecule has 0 unspecified atom stereocenters. The van der Waals surface area contributed by atoms with Crippen LogP contribution in [0.5, 0.6) is 11.6 Å². The van der Waals surface area contributed by atoms with E-state index in [9.17, 15) is 10.1 Å². The Morgan fingerprint density at radius 1 is 1.40 bits per heavy atom. The number of nitro benzene ring substituents is 1. The number of aromatic nitrogens is 1. The Labute approximate surface area is 114 Å². The van der Waals surface area contributed by atoms with Gasteiger partial charge in [-0.15, -0.1) is 0 Å². The zero-order chi connectivity index (χ0) is 14.7. The van der Waals surface area contributed by atoms with E-state index in [0.29, 0.717) is 5.56 Å². The van der Waals surface area contributed by atoms with Crippen molar-refractivity contribution in [2.24, 2.45) is 5.73 Å². The molecule has 20 heavy (non-hydrogen) atoms.